The maximum absolute atomic E-state index is 4.86. The Balaban J connectivity index is 2.86. The smallest absolute Gasteiger partial charge is 0.186 e. The summed E-state index contributed by atoms with van der Waals surface area (Å²) >= 11 is 3.27. The summed E-state index contributed by atoms with van der Waals surface area (Å²) in [5.74, 6) is 0. The van der Waals surface area contributed by atoms with Gasteiger partial charge in [-0.25, -0.2) is 4.98 Å². The van der Waals surface area contributed by atoms with E-state index in [9.17, 15) is 0 Å². The van der Waals surface area contributed by atoms with Gasteiger partial charge < -0.3 is 4.52 Å². The van der Waals surface area contributed by atoms with Gasteiger partial charge in [-0.2, -0.15) is 0 Å². The third-order valence-corrected chi connectivity index (χ3v) is 1.61. The zero-order chi connectivity index (χ0) is 6.97. The second-order valence-corrected chi connectivity index (χ2v) is 2.78. The van der Waals surface area contributed by atoms with E-state index in [4.69, 9.17) is 4.52 Å². The summed E-state index contributed by atoms with van der Waals surface area (Å²) in [5, 5.41) is 3.58. The topological polar surface area (TPSA) is 38.9 Å². The number of pyridine rings is 1. The van der Waals surface area contributed by atoms with Crippen molar-refractivity contribution in [3.63, 3.8) is 0 Å². The fourth-order valence-electron chi connectivity index (χ4n) is 0.734. The minimum atomic E-state index is 0.703. The Labute approximate surface area is 65.2 Å². The van der Waals surface area contributed by atoms with Crippen LogP contribution in [0.15, 0.2) is 27.5 Å². The van der Waals surface area contributed by atoms with Crippen molar-refractivity contribution in [2.45, 2.75) is 0 Å². The standard InChI is InChI=1S/C6H3BrN2O/c7-4-1-6-5(8-2-4)3-9-10-6/h1-3H. The maximum atomic E-state index is 4.86. The molecule has 4 heteroatoms. The van der Waals surface area contributed by atoms with E-state index < -0.39 is 0 Å². The van der Waals surface area contributed by atoms with E-state index in [1.165, 1.54) is 0 Å². The van der Waals surface area contributed by atoms with E-state index >= 15 is 0 Å². The number of hydrogen-bond donors (Lipinski definition) is 0. The van der Waals surface area contributed by atoms with Gasteiger partial charge in [0.05, 0.1) is 6.20 Å². The van der Waals surface area contributed by atoms with Crippen LogP contribution in [0.3, 0.4) is 0 Å². The molecule has 2 aromatic rings. The summed E-state index contributed by atoms with van der Waals surface area (Å²) in [5.41, 5.74) is 1.48. The number of aromatic nitrogens is 2. The molecule has 0 aliphatic rings. The lowest BCUT2D eigenvalue weighted by atomic mass is 10.4. The van der Waals surface area contributed by atoms with Gasteiger partial charge in [0.25, 0.3) is 0 Å². The molecular weight excluding hydrogens is 196 g/mol. The van der Waals surface area contributed by atoms with Crippen LogP contribution in [-0.4, -0.2) is 10.1 Å². The second-order valence-electron chi connectivity index (χ2n) is 1.86. The molecule has 0 unspecified atom stereocenters. The van der Waals surface area contributed by atoms with Gasteiger partial charge in [-0.05, 0) is 15.9 Å². The molecule has 0 aliphatic carbocycles. The Bertz CT molecular complexity index is 357. The number of hydrogen-bond acceptors (Lipinski definition) is 3. The fourth-order valence-corrected chi connectivity index (χ4v) is 1.04. The lowest BCUT2D eigenvalue weighted by Crippen LogP contribution is -1.70. The molecule has 0 atom stereocenters. The SMILES string of the molecule is Brc1cnc2cnoc2c1. The summed E-state index contributed by atoms with van der Waals surface area (Å²) < 4.78 is 5.76. The predicted octanol–water partition coefficient (Wildman–Crippen LogP) is 1.99. The zero-order valence-corrected chi connectivity index (χ0v) is 6.50. The van der Waals surface area contributed by atoms with Crippen molar-refractivity contribution in [3.8, 4) is 0 Å². The van der Waals surface area contributed by atoms with Crippen LogP contribution >= 0.6 is 15.9 Å². The van der Waals surface area contributed by atoms with E-state index in [0.717, 1.165) is 9.99 Å². The summed E-state index contributed by atoms with van der Waals surface area (Å²) in [6.07, 6.45) is 3.29. The van der Waals surface area contributed by atoms with Gasteiger partial charge in [0.15, 0.2) is 5.58 Å². The first-order valence-corrected chi connectivity index (χ1v) is 3.51. The maximum Gasteiger partial charge on any atom is 0.186 e. The normalized spacial score (nSPS) is 10.5. The molecule has 50 valence electrons. The van der Waals surface area contributed by atoms with Crippen molar-refractivity contribution in [2.75, 3.05) is 0 Å². The monoisotopic (exact) mass is 198 g/mol. The zero-order valence-electron chi connectivity index (χ0n) is 4.91. The number of halogens is 1. The fraction of sp³-hybridized carbons (Fsp3) is 0. The van der Waals surface area contributed by atoms with Crippen LogP contribution in [0.1, 0.15) is 0 Å². The highest BCUT2D eigenvalue weighted by atomic mass is 79.9. The Kier molecular flexibility index (Phi) is 1.20. The number of rotatable bonds is 0. The van der Waals surface area contributed by atoms with Gasteiger partial charge in [0.1, 0.15) is 5.52 Å². The summed E-state index contributed by atoms with van der Waals surface area (Å²) in [4.78, 5) is 4.04. The average molecular weight is 199 g/mol. The largest absolute Gasteiger partial charge is 0.355 e. The Hall–Kier alpha value is -0.900. The number of nitrogens with zero attached hydrogens (tertiary/aromatic N) is 2. The van der Waals surface area contributed by atoms with Gasteiger partial charge in [0, 0.05) is 16.7 Å². The Morgan fingerprint density at radius 2 is 2.30 bits per heavy atom. The molecule has 0 aliphatic heterocycles. The van der Waals surface area contributed by atoms with Gasteiger partial charge in [-0.15, -0.1) is 0 Å². The molecule has 2 heterocycles. The van der Waals surface area contributed by atoms with E-state index in [1.807, 2.05) is 6.07 Å². The average Bonchev–Trinajstić information content (AvgIpc) is 2.33. The second kappa shape index (κ2) is 2.05. The lowest BCUT2D eigenvalue weighted by molar-refractivity contribution is 0.456. The summed E-state index contributed by atoms with van der Waals surface area (Å²) in [7, 11) is 0. The molecule has 0 spiro atoms. The van der Waals surface area contributed by atoms with E-state index in [0.29, 0.717) is 5.58 Å². The van der Waals surface area contributed by atoms with Crippen molar-refractivity contribution < 1.29 is 4.52 Å². The first kappa shape index (κ1) is 5.85. The minimum Gasteiger partial charge on any atom is -0.355 e. The lowest BCUT2D eigenvalue weighted by Gasteiger charge is -1.85. The first-order valence-electron chi connectivity index (χ1n) is 2.72. The summed E-state index contributed by atoms with van der Waals surface area (Å²) in [6.45, 7) is 0. The van der Waals surface area contributed by atoms with Crippen LogP contribution in [0.2, 0.25) is 0 Å². The van der Waals surface area contributed by atoms with Crippen LogP contribution in [0, 0.1) is 0 Å². The molecule has 3 nitrogen and oxygen atoms in total. The van der Waals surface area contributed by atoms with Crippen LogP contribution in [-0.2, 0) is 0 Å². The van der Waals surface area contributed by atoms with Crippen LogP contribution in [0.25, 0.3) is 11.1 Å². The molecule has 0 fully saturated rings. The molecule has 2 rings (SSSR count). The van der Waals surface area contributed by atoms with E-state index in [-0.39, 0.29) is 0 Å². The molecule has 0 radical (unpaired) electrons. The Morgan fingerprint density at radius 3 is 3.20 bits per heavy atom. The van der Waals surface area contributed by atoms with Crippen molar-refractivity contribution in [3.05, 3.63) is 22.9 Å². The van der Waals surface area contributed by atoms with Crippen molar-refractivity contribution in [1.29, 1.82) is 0 Å². The third-order valence-electron chi connectivity index (χ3n) is 1.17. The third kappa shape index (κ3) is 0.806. The highest BCUT2D eigenvalue weighted by Crippen LogP contribution is 2.15. The number of fused-ring (bicyclic) bond motifs is 1. The van der Waals surface area contributed by atoms with Gasteiger partial charge in [0.2, 0.25) is 0 Å². The van der Waals surface area contributed by atoms with E-state index in [1.54, 1.807) is 12.4 Å². The van der Waals surface area contributed by atoms with Crippen LogP contribution in [0.5, 0.6) is 0 Å². The predicted molar refractivity (Wildman–Crippen MR) is 39.5 cm³/mol. The molecule has 0 bridgehead atoms. The molecule has 0 N–H and O–H groups in total. The molecule has 0 saturated heterocycles. The highest BCUT2D eigenvalue weighted by Gasteiger charge is 1.97. The quantitative estimate of drug-likeness (QED) is 0.651. The van der Waals surface area contributed by atoms with Crippen molar-refractivity contribution >= 4 is 27.0 Å². The molecule has 0 saturated carbocycles. The van der Waals surface area contributed by atoms with Gasteiger partial charge in [-0.1, -0.05) is 5.16 Å². The first-order chi connectivity index (χ1) is 4.86. The van der Waals surface area contributed by atoms with Crippen molar-refractivity contribution in [1.82, 2.24) is 10.1 Å². The van der Waals surface area contributed by atoms with E-state index in [2.05, 4.69) is 26.1 Å². The molecule has 0 aromatic carbocycles. The minimum absolute atomic E-state index is 0.703. The van der Waals surface area contributed by atoms with Crippen LogP contribution in [0.4, 0.5) is 0 Å². The molecule has 10 heavy (non-hydrogen) atoms. The van der Waals surface area contributed by atoms with Gasteiger partial charge >= 0.3 is 0 Å². The van der Waals surface area contributed by atoms with Crippen LogP contribution < -0.4 is 0 Å². The van der Waals surface area contributed by atoms with Crippen molar-refractivity contribution in [2.24, 2.45) is 0 Å². The highest BCUT2D eigenvalue weighted by molar-refractivity contribution is 9.10. The molecular formula is C6H3BrN2O. The molecule has 0 amide bonds. The summed E-state index contributed by atoms with van der Waals surface area (Å²) in [6, 6.07) is 1.83. The van der Waals surface area contributed by atoms with Gasteiger partial charge in [-0.3, -0.25) is 0 Å². The Morgan fingerprint density at radius 1 is 1.40 bits per heavy atom. The molecule has 2 aromatic heterocycles.